The van der Waals surface area contributed by atoms with E-state index in [4.69, 9.17) is 11.6 Å². The Labute approximate surface area is 229 Å². The molecule has 1 N–H and O–H groups in total. The maximum Gasteiger partial charge on any atom is 0.238 e. The molecule has 1 spiro atoms. The van der Waals surface area contributed by atoms with Crippen molar-refractivity contribution < 1.29 is 14.4 Å². The van der Waals surface area contributed by atoms with Crippen LogP contribution in [0, 0.1) is 5.92 Å². The molecule has 39 heavy (non-hydrogen) atoms. The molecular weight excluding hydrogens is 510 g/mol. The van der Waals surface area contributed by atoms with E-state index in [1.807, 2.05) is 65.6 Å². The second-order valence-electron chi connectivity index (χ2n) is 10.0. The summed E-state index contributed by atoms with van der Waals surface area (Å²) in [6.45, 7) is 0. The van der Waals surface area contributed by atoms with E-state index >= 15 is 0 Å². The Kier molecular flexibility index (Phi) is 5.28. The number of pyridine rings is 1. The smallest absolute Gasteiger partial charge is 0.238 e. The van der Waals surface area contributed by atoms with Crippen molar-refractivity contribution in [1.82, 2.24) is 4.98 Å². The van der Waals surface area contributed by atoms with Crippen LogP contribution in [0.2, 0.25) is 5.02 Å². The van der Waals surface area contributed by atoms with Crippen LogP contribution in [0.1, 0.15) is 31.8 Å². The Morgan fingerprint density at radius 2 is 1.59 bits per heavy atom. The first-order valence-corrected chi connectivity index (χ1v) is 13.1. The molecule has 4 atom stereocenters. The molecule has 1 fully saturated rings. The van der Waals surface area contributed by atoms with Crippen molar-refractivity contribution in [2.75, 3.05) is 10.2 Å². The molecule has 0 unspecified atom stereocenters. The highest BCUT2D eigenvalue weighted by Crippen LogP contribution is 2.58. The van der Waals surface area contributed by atoms with Gasteiger partial charge in [0.25, 0.3) is 0 Å². The number of amides is 1. The van der Waals surface area contributed by atoms with Gasteiger partial charge in [-0.3, -0.25) is 19.4 Å². The number of nitrogens with zero attached hydrogens (tertiary/aromatic N) is 2. The average molecular weight is 532 g/mol. The molecular formula is C32H22ClN3O3. The van der Waals surface area contributed by atoms with E-state index in [-0.39, 0.29) is 17.5 Å². The van der Waals surface area contributed by atoms with Crippen molar-refractivity contribution in [2.45, 2.75) is 17.5 Å². The lowest BCUT2D eigenvalue weighted by atomic mass is 9.64. The van der Waals surface area contributed by atoms with Gasteiger partial charge in [0.1, 0.15) is 11.5 Å². The minimum absolute atomic E-state index is 0.296. The van der Waals surface area contributed by atoms with Gasteiger partial charge in [0.05, 0.1) is 17.0 Å². The van der Waals surface area contributed by atoms with Gasteiger partial charge >= 0.3 is 0 Å². The minimum Gasteiger partial charge on any atom is -0.352 e. The molecule has 3 aliphatic heterocycles. The molecule has 7 heteroatoms. The van der Waals surface area contributed by atoms with E-state index in [0.717, 1.165) is 11.3 Å². The third kappa shape index (κ3) is 3.21. The molecule has 1 amide bonds. The summed E-state index contributed by atoms with van der Waals surface area (Å²) >= 11 is 6.55. The van der Waals surface area contributed by atoms with Crippen molar-refractivity contribution in [2.24, 2.45) is 5.92 Å². The van der Waals surface area contributed by atoms with Crippen molar-refractivity contribution in [3.63, 3.8) is 0 Å². The number of carbonyl (C=O) groups is 3. The number of ketones is 2. The molecule has 3 aromatic carbocycles. The van der Waals surface area contributed by atoms with E-state index in [2.05, 4.69) is 10.3 Å². The number of halogens is 1. The summed E-state index contributed by atoms with van der Waals surface area (Å²) in [5.74, 6) is -1.95. The monoisotopic (exact) mass is 531 g/mol. The molecule has 3 aliphatic rings. The highest BCUT2D eigenvalue weighted by molar-refractivity contribution is 6.34. The highest BCUT2D eigenvalue weighted by atomic mass is 35.5. The van der Waals surface area contributed by atoms with Gasteiger partial charge in [0, 0.05) is 34.9 Å². The summed E-state index contributed by atoms with van der Waals surface area (Å²) in [5.41, 5.74) is 2.39. The Balaban J connectivity index is 1.55. The predicted octanol–water partition coefficient (Wildman–Crippen LogP) is 5.59. The number of fused-ring (bicyclic) bond motifs is 6. The lowest BCUT2D eigenvalue weighted by Gasteiger charge is -2.37. The van der Waals surface area contributed by atoms with Crippen molar-refractivity contribution in [3.05, 3.63) is 131 Å². The third-order valence-electron chi connectivity index (χ3n) is 8.20. The molecule has 4 heterocycles. The number of hydrogen-bond donors (Lipinski definition) is 1. The molecule has 6 nitrogen and oxygen atoms in total. The fourth-order valence-corrected chi connectivity index (χ4v) is 6.86. The first kappa shape index (κ1) is 23.6. The van der Waals surface area contributed by atoms with Gasteiger partial charge in [0.15, 0.2) is 11.6 Å². The van der Waals surface area contributed by atoms with Crippen molar-refractivity contribution in [1.29, 1.82) is 0 Å². The van der Waals surface area contributed by atoms with E-state index in [0.29, 0.717) is 27.4 Å². The Morgan fingerprint density at radius 3 is 2.41 bits per heavy atom. The lowest BCUT2D eigenvalue weighted by Crippen LogP contribution is -2.51. The molecule has 1 saturated heterocycles. The van der Waals surface area contributed by atoms with Crippen LogP contribution in [0.5, 0.6) is 0 Å². The van der Waals surface area contributed by atoms with Gasteiger partial charge in [-0.2, -0.15) is 0 Å². The molecule has 0 radical (unpaired) electrons. The van der Waals surface area contributed by atoms with Gasteiger partial charge in [-0.1, -0.05) is 72.3 Å². The summed E-state index contributed by atoms with van der Waals surface area (Å²) in [6.07, 6.45) is 7.02. The Bertz CT molecular complexity index is 1700. The Morgan fingerprint density at radius 1 is 0.872 bits per heavy atom. The van der Waals surface area contributed by atoms with Crippen LogP contribution in [-0.4, -0.2) is 34.5 Å². The maximum atomic E-state index is 14.6. The normalized spacial score (nSPS) is 24.2. The minimum atomic E-state index is -1.36. The highest BCUT2D eigenvalue weighted by Gasteiger charge is 2.70. The largest absolute Gasteiger partial charge is 0.352 e. The van der Waals surface area contributed by atoms with Crippen LogP contribution >= 0.6 is 11.6 Å². The van der Waals surface area contributed by atoms with Gasteiger partial charge in [-0.05, 0) is 47.5 Å². The third-order valence-corrected chi connectivity index (χ3v) is 8.53. The summed E-state index contributed by atoms with van der Waals surface area (Å²) in [7, 11) is 0. The summed E-state index contributed by atoms with van der Waals surface area (Å²) in [5, 5.41) is 3.33. The van der Waals surface area contributed by atoms with Crippen molar-refractivity contribution >= 4 is 46.5 Å². The first-order chi connectivity index (χ1) is 19.0. The number of aromatic nitrogens is 1. The fraction of sp³-hybridized carbons (Fsp3) is 0.125. The van der Waals surface area contributed by atoms with Gasteiger partial charge in [0.2, 0.25) is 5.91 Å². The van der Waals surface area contributed by atoms with E-state index in [1.54, 1.807) is 48.8 Å². The zero-order chi connectivity index (χ0) is 26.7. The number of carbonyl (C=O) groups excluding carboxylic acids is 3. The number of nitrogens with one attached hydrogen (secondary N) is 1. The molecule has 7 rings (SSSR count). The van der Waals surface area contributed by atoms with Gasteiger partial charge < -0.3 is 10.2 Å². The van der Waals surface area contributed by atoms with Crippen LogP contribution in [0.25, 0.3) is 6.08 Å². The standard InChI is InChI=1S/C32H22ClN3O3/c33-23-10-4-2-8-21(23)30(38)28-27(29(37)20-15-17-34-18-16-20)32(22-9-3-5-11-24(22)35-31(32)39)26-14-13-19-7-1-6-12-25(19)36(26)28/h1-18,26-28H,(H,35,39)/t26-,27+,28-,32+/m0/s1. The SMILES string of the molecule is O=C(c1ccccc1Cl)[C@@H]1[C@H](C(=O)c2ccncc2)[C@]2(C(=O)Nc3ccccc32)[C@@H]2C=Cc3ccccc3N12. The van der Waals surface area contributed by atoms with Crippen LogP contribution < -0.4 is 10.2 Å². The molecule has 0 saturated carbocycles. The average Bonchev–Trinajstić information content (AvgIpc) is 3.45. The zero-order valence-electron chi connectivity index (χ0n) is 20.6. The van der Waals surface area contributed by atoms with Gasteiger partial charge in [-0.25, -0.2) is 0 Å². The molecule has 1 aromatic heterocycles. The van der Waals surface area contributed by atoms with Crippen LogP contribution in [0.15, 0.2) is 103 Å². The van der Waals surface area contributed by atoms with Crippen LogP contribution in [0.3, 0.4) is 0 Å². The number of hydrogen-bond acceptors (Lipinski definition) is 5. The van der Waals surface area contributed by atoms with Crippen LogP contribution in [0.4, 0.5) is 11.4 Å². The fourth-order valence-electron chi connectivity index (χ4n) is 6.64. The second-order valence-corrected chi connectivity index (χ2v) is 10.4. The summed E-state index contributed by atoms with van der Waals surface area (Å²) in [4.78, 5) is 49.5. The lowest BCUT2D eigenvalue weighted by molar-refractivity contribution is -0.121. The zero-order valence-corrected chi connectivity index (χ0v) is 21.4. The molecule has 4 aromatic rings. The van der Waals surface area contributed by atoms with E-state index in [9.17, 15) is 14.4 Å². The first-order valence-electron chi connectivity index (χ1n) is 12.7. The summed E-state index contributed by atoms with van der Waals surface area (Å²) in [6, 6.07) is 23.7. The summed E-state index contributed by atoms with van der Waals surface area (Å²) < 4.78 is 0. The number of benzene rings is 3. The predicted molar refractivity (Wildman–Crippen MR) is 150 cm³/mol. The molecule has 0 aliphatic carbocycles. The van der Waals surface area contributed by atoms with Crippen molar-refractivity contribution in [3.8, 4) is 0 Å². The number of Topliss-reactive ketones (excluding diaryl/α,β-unsaturated/α-hetero) is 2. The quantitative estimate of drug-likeness (QED) is 0.347. The topological polar surface area (TPSA) is 79.4 Å². The van der Waals surface area contributed by atoms with Gasteiger partial charge in [-0.15, -0.1) is 0 Å². The molecule has 190 valence electrons. The molecule has 0 bridgehead atoms. The maximum absolute atomic E-state index is 14.6. The number of anilines is 2. The van der Waals surface area contributed by atoms with E-state index in [1.165, 1.54) is 0 Å². The van der Waals surface area contributed by atoms with E-state index < -0.39 is 23.4 Å². The number of rotatable bonds is 4. The van der Waals surface area contributed by atoms with Crippen LogP contribution in [-0.2, 0) is 10.2 Å². The Hall–Kier alpha value is -4.55. The second kappa shape index (κ2) is 8.75. The number of para-hydroxylation sites is 2.